The van der Waals surface area contributed by atoms with E-state index in [4.69, 9.17) is 0 Å². The van der Waals surface area contributed by atoms with Crippen LogP contribution in [0.2, 0.25) is 0 Å². The molecule has 2 nitrogen and oxygen atoms in total. The van der Waals surface area contributed by atoms with Gasteiger partial charge in [0.1, 0.15) is 0 Å². The first-order chi connectivity index (χ1) is 8.81. The Bertz CT molecular complexity index is 530. The van der Waals surface area contributed by atoms with E-state index in [9.17, 15) is 0 Å². The summed E-state index contributed by atoms with van der Waals surface area (Å²) in [5, 5.41) is 3.22. The Kier molecular flexibility index (Phi) is 4.13. The van der Waals surface area contributed by atoms with Crippen molar-refractivity contribution < 1.29 is 0 Å². The molecule has 0 aromatic heterocycles. The summed E-state index contributed by atoms with van der Waals surface area (Å²) < 4.78 is 0. The molecule has 2 aromatic rings. The Labute approximate surface area is 108 Å². The van der Waals surface area contributed by atoms with E-state index in [0.29, 0.717) is 0 Å². The number of nitrogens with one attached hydrogen (secondary N) is 1. The summed E-state index contributed by atoms with van der Waals surface area (Å²) in [6.07, 6.45) is 1.94. The van der Waals surface area contributed by atoms with Crippen LogP contribution >= 0.6 is 0 Å². The van der Waals surface area contributed by atoms with E-state index < -0.39 is 0 Å². The lowest BCUT2D eigenvalue weighted by atomic mass is 10.1. The van der Waals surface area contributed by atoms with E-state index in [1.807, 2.05) is 31.5 Å². The molecule has 0 saturated carbocycles. The number of rotatable bonds is 4. The summed E-state index contributed by atoms with van der Waals surface area (Å²) >= 11 is 0. The fourth-order valence-corrected chi connectivity index (χ4v) is 1.97. The van der Waals surface area contributed by atoms with Gasteiger partial charge in [0, 0.05) is 24.5 Å². The second-order valence-corrected chi connectivity index (χ2v) is 4.24. The molecule has 0 aliphatic rings. The van der Waals surface area contributed by atoms with Gasteiger partial charge >= 0.3 is 0 Å². The second kappa shape index (κ2) is 6.01. The van der Waals surface area contributed by atoms with Crippen LogP contribution in [-0.4, -0.2) is 13.3 Å². The third-order valence-corrected chi connectivity index (χ3v) is 2.90. The lowest BCUT2D eigenvalue weighted by Crippen LogP contribution is -1.97. The molecule has 0 saturated heterocycles. The van der Waals surface area contributed by atoms with E-state index in [1.54, 1.807) is 0 Å². The first-order valence-electron chi connectivity index (χ1n) is 6.12. The second-order valence-electron chi connectivity index (χ2n) is 4.24. The van der Waals surface area contributed by atoms with E-state index in [1.165, 1.54) is 11.1 Å². The Balaban J connectivity index is 2.12. The van der Waals surface area contributed by atoms with Gasteiger partial charge in [-0.15, -0.1) is 0 Å². The van der Waals surface area contributed by atoms with Gasteiger partial charge in [-0.05, 0) is 18.1 Å². The van der Waals surface area contributed by atoms with E-state index in [0.717, 1.165) is 17.8 Å². The molecular weight excluding hydrogens is 220 g/mol. The fourth-order valence-electron chi connectivity index (χ4n) is 1.97. The smallest absolute Gasteiger partial charge is 0.0639 e. The number of aliphatic imine (C=N–C) groups is 1. The van der Waals surface area contributed by atoms with Gasteiger partial charge in [0.2, 0.25) is 0 Å². The molecule has 0 atom stereocenters. The normalized spacial score (nSPS) is 10.8. The number of para-hydroxylation sites is 1. The molecule has 0 spiro atoms. The Hall–Kier alpha value is -2.09. The van der Waals surface area contributed by atoms with E-state index in [-0.39, 0.29) is 0 Å². The van der Waals surface area contributed by atoms with Crippen molar-refractivity contribution in [1.29, 1.82) is 0 Å². The van der Waals surface area contributed by atoms with Gasteiger partial charge in [-0.1, -0.05) is 48.5 Å². The highest BCUT2D eigenvalue weighted by Gasteiger charge is 2.00. The summed E-state index contributed by atoms with van der Waals surface area (Å²) in [6.45, 7) is 2.82. The molecule has 2 heteroatoms. The van der Waals surface area contributed by atoms with Gasteiger partial charge in [-0.25, -0.2) is 0 Å². The Morgan fingerprint density at radius 1 is 1.06 bits per heavy atom. The first-order valence-corrected chi connectivity index (χ1v) is 6.12. The lowest BCUT2D eigenvalue weighted by molar-refractivity contribution is 1.08. The van der Waals surface area contributed by atoms with E-state index in [2.05, 4.69) is 47.6 Å². The molecule has 2 rings (SSSR count). The van der Waals surface area contributed by atoms with Gasteiger partial charge in [0.25, 0.3) is 0 Å². The van der Waals surface area contributed by atoms with E-state index >= 15 is 0 Å². The van der Waals surface area contributed by atoms with Crippen LogP contribution in [0.5, 0.6) is 0 Å². The highest BCUT2D eigenvalue weighted by Crippen LogP contribution is 2.18. The van der Waals surface area contributed by atoms with Crippen LogP contribution in [0.15, 0.2) is 53.5 Å². The van der Waals surface area contributed by atoms with Crippen molar-refractivity contribution in [3.63, 3.8) is 0 Å². The highest BCUT2D eigenvalue weighted by atomic mass is 14.8. The zero-order chi connectivity index (χ0) is 12.8. The molecule has 0 amide bonds. The molecule has 0 unspecified atom stereocenters. The predicted octanol–water partition coefficient (Wildman–Crippen LogP) is 3.66. The predicted molar refractivity (Wildman–Crippen MR) is 78.5 cm³/mol. The number of benzene rings is 2. The topological polar surface area (TPSA) is 24.4 Å². The zero-order valence-electron chi connectivity index (χ0n) is 10.9. The van der Waals surface area contributed by atoms with Gasteiger partial charge < -0.3 is 5.32 Å². The van der Waals surface area contributed by atoms with Crippen molar-refractivity contribution in [3.05, 3.63) is 65.2 Å². The standard InChI is InChI=1S/C16H18N2/c1-13-7-6-10-15(16(13)17-2)12-18-11-14-8-4-3-5-9-14/h3-10,12,17H,11H2,1-2H3. The highest BCUT2D eigenvalue weighted by molar-refractivity contribution is 5.88. The summed E-state index contributed by atoms with van der Waals surface area (Å²) in [4.78, 5) is 4.50. The third kappa shape index (κ3) is 2.98. The minimum atomic E-state index is 0.720. The molecule has 0 bridgehead atoms. The average Bonchev–Trinajstić information content (AvgIpc) is 2.40. The van der Waals surface area contributed by atoms with Crippen LogP contribution in [0.25, 0.3) is 0 Å². The van der Waals surface area contributed by atoms with Crippen LogP contribution in [-0.2, 0) is 6.54 Å². The fraction of sp³-hybridized carbons (Fsp3) is 0.188. The average molecular weight is 238 g/mol. The monoisotopic (exact) mass is 238 g/mol. The first kappa shape index (κ1) is 12.4. The molecule has 0 aliphatic heterocycles. The quantitative estimate of drug-likeness (QED) is 0.808. The molecule has 18 heavy (non-hydrogen) atoms. The number of aryl methyl sites for hydroxylation is 1. The summed E-state index contributed by atoms with van der Waals surface area (Å²) in [7, 11) is 1.94. The minimum absolute atomic E-state index is 0.720. The summed E-state index contributed by atoms with van der Waals surface area (Å²) in [6, 6.07) is 16.5. The lowest BCUT2D eigenvalue weighted by Gasteiger charge is -2.08. The number of hydrogen-bond donors (Lipinski definition) is 1. The van der Waals surface area contributed by atoms with Crippen LogP contribution in [0.4, 0.5) is 5.69 Å². The molecule has 0 fully saturated rings. The van der Waals surface area contributed by atoms with Crippen LogP contribution < -0.4 is 5.32 Å². The van der Waals surface area contributed by atoms with Crippen molar-refractivity contribution in [3.8, 4) is 0 Å². The Morgan fingerprint density at radius 3 is 2.56 bits per heavy atom. The van der Waals surface area contributed by atoms with Crippen LogP contribution in [0.1, 0.15) is 16.7 Å². The number of nitrogens with zero attached hydrogens (tertiary/aromatic N) is 1. The molecule has 0 radical (unpaired) electrons. The SMILES string of the molecule is CNc1c(C)cccc1C=NCc1ccccc1. The molecule has 0 aliphatic carbocycles. The summed E-state index contributed by atoms with van der Waals surface area (Å²) in [5.41, 5.74) is 4.75. The zero-order valence-corrected chi connectivity index (χ0v) is 10.9. The third-order valence-electron chi connectivity index (χ3n) is 2.90. The van der Waals surface area contributed by atoms with Gasteiger partial charge in [0.15, 0.2) is 0 Å². The van der Waals surface area contributed by atoms with Crippen molar-refractivity contribution in [2.24, 2.45) is 4.99 Å². The number of hydrogen-bond acceptors (Lipinski definition) is 2. The molecule has 0 heterocycles. The van der Waals surface area contributed by atoms with Crippen molar-refractivity contribution in [1.82, 2.24) is 0 Å². The maximum absolute atomic E-state index is 4.50. The van der Waals surface area contributed by atoms with Crippen LogP contribution in [0, 0.1) is 6.92 Å². The largest absolute Gasteiger partial charge is 0.387 e. The minimum Gasteiger partial charge on any atom is -0.387 e. The molecular formula is C16H18N2. The molecule has 2 aromatic carbocycles. The van der Waals surface area contributed by atoms with Crippen molar-refractivity contribution >= 4 is 11.9 Å². The van der Waals surface area contributed by atoms with Crippen molar-refractivity contribution in [2.75, 3.05) is 12.4 Å². The van der Waals surface area contributed by atoms with Gasteiger partial charge in [-0.3, -0.25) is 4.99 Å². The molecule has 92 valence electrons. The van der Waals surface area contributed by atoms with Crippen molar-refractivity contribution in [2.45, 2.75) is 13.5 Å². The maximum atomic E-state index is 4.50. The number of anilines is 1. The molecule has 1 N–H and O–H groups in total. The van der Waals surface area contributed by atoms with Crippen LogP contribution in [0.3, 0.4) is 0 Å². The van der Waals surface area contributed by atoms with Gasteiger partial charge in [0.05, 0.1) is 6.54 Å². The summed E-state index contributed by atoms with van der Waals surface area (Å²) in [5.74, 6) is 0. The van der Waals surface area contributed by atoms with Gasteiger partial charge in [-0.2, -0.15) is 0 Å². The maximum Gasteiger partial charge on any atom is 0.0639 e. The Morgan fingerprint density at radius 2 is 1.83 bits per heavy atom.